The van der Waals surface area contributed by atoms with Crippen LogP contribution in [0.25, 0.3) is 0 Å². The molecule has 1 heterocycles. The molecule has 1 rings (SSSR count). The van der Waals surface area contributed by atoms with E-state index in [1.807, 2.05) is 0 Å². The molecule has 0 radical (unpaired) electrons. The van der Waals surface area contributed by atoms with Crippen molar-refractivity contribution in [2.75, 3.05) is 7.11 Å². The number of hydrogen-bond donors (Lipinski definition) is 0. The average Bonchev–Trinajstić information content (AvgIpc) is 2.28. The second kappa shape index (κ2) is 5.86. The van der Waals surface area contributed by atoms with E-state index in [4.69, 9.17) is 5.26 Å². The molecule has 0 aliphatic carbocycles. The third-order valence-electron chi connectivity index (χ3n) is 1.96. The summed E-state index contributed by atoms with van der Waals surface area (Å²) < 4.78 is 30.0. The number of esters is 1. The van der Waals surface area contributed by atoms with Crippen LogP contribution in [0.4, 0.5) is 8.78 Å². The SMILES string of the molecule is COC(=O)Cc1cc(C(F)F)c(C#N)c(I)n1. The van der Waals surface area contributed by atoms with E-state index in [0.717, 1.165) is 6.07 Å². The summed E-state index contributed by atoms with van der Waals surface area (Å²) in [6, 6.07) is 2.73. The van der Waals surface area contributed by atoms with Crippen molar-refractivity contribution in [3.63, 3.8) is 0 Å². The Morgan fingerprint density at radius 2 is 2.35 bits per heavy atom. The number of carbonyl (C=O) groups is 1. The minimum Gasteiger partial charge on any atom is -0.469 e. The molecular formula is C10H7F2IN2O2. The predicted octanol–water partition coefficient (Wildman–Crippen LogP) is 2.21. The number of halogens is 3. The number of aromatic nitrogens is 1. The van der Waals surface area contributed by atoms with Crippen molar-refractivity contribution in [3.05, 3.63) is 26.6 Å². The van der Waals surface area contributed by atoms with Crippen molar-refractivity contribution < 1.29 is 18.3 Å². The molecule has 0 saturated carbocycles. The van der Waals surface area contributed by atoms with Crippen LogP contribution in [0.5, 0.6) is 0 Å². The lowest BCUT2D eigenvalue weighted by molar-refractivity contribution is -0.139. The Morgan fingerprint density at radius 1 is 1.71 bits per heavy atom. The second-order valence-electron chi connectivity index (χ2n) is 3.03. The lowest BCUT2D eigenvalue weighted by atomic mass is 10.1. The number of hydrogen-bond acceptors (Lipinski definition) is 4. The molecule has 1 aromatic heterocycles. The van der Waals surface area contributed by atoms with Gasteiger partial charge in [0.15, 0.2) is 0 Å². The van der Waals surface area contributed by atoms with Crippen LogP contribution in [0.15, 0.2) is 6.07 Å². The lowest BCUT2D eigenvalue weighted by Crippen LogP contribution is -2.09. The lowest BCUT2D eigenvalue weighted by Gasteiger charge is -2.07. The molecule has 0 bridgehead atoms. The van der Waals surface area contributed by atoms with Gasteiger partial charge in [-0.3, -0.25) is 4.79 Å². The van der Waals surface area contributed by atoms with Crippen molar-refractivity contribution in [2.24, 2.45) is 0 Å². The highest BCUT2D eigenvalue weighted by molar-refractivity contribution is 14.1. The van der Waals surface area contributed by atoms with Gasteiger partial charge in [-0.15, -0.1) is 0 Å². The maximum Gasteiger partial charge on any atom is 0.311 e. The first-order valence-electron chi connectivity index (χ1n) is 4.44. The van der Waals surface area contributed by atoms with Crippen molar-refractivity contribution >= 4 is 28.6 Å². The van der Waals surface area contributed by atoms with Crippen molar-refractivity contribution in [1.82, 2.24) is 4.98 Å². The summed E-state index contributed by atoms with van der Waals surface area (Å²) in [6.45, 7) is 0. The highest BCUT2D eigenvalue weighted by Gasteiger charge is 2.19. The van der Waals surface area contributed by atoms with Gasteiger partial charge in [0.1, 0.15) is 9.77 Å². The number of carbonyl (C=O) groups excluding carboxylic acids is 1. The molecular weight excluding hydrogens is 345 g/mol. The van der Waals surface area contributed by atoms with Crippen LogP contribution in [0, 0.1) is 15.0 Å². The summed E-state index contributed by atoms with van der Waals surface area (Å²) in [5.74, 6) is -0.571. The van der Waals surface area contributed by atoms with E-state index >= 15 is 0 Å². The van der Waals surface area contributed by atoms with Gasteiger partial charge in [-0.25, -0.2) is 13.8 Å². The van der Waals surface area contributed by atoms with Gasteiger partial charge >= 0.3 is 5.97 Å². The van der Waals surface area contributed by atoms with Gasteiger partial charge in [0.2, 0.25) is 0 Å². The van der Waals surface area contributed by atoms with E-state index in [-0.39, 0.29) is 21.4 Å². The Labute approximate surface area is 110 Å². The Balaban J connectivity index is 3.21. The Kier molecular flexibility index (Phi) is 4.74. The fourth-order valence-electron chi connectivity index (χ4n) is 1.18. The van der Waals surface area contributed by atoms with Crippen LogP contribution in [0.3, 0.4) is 0 Å². The molecule has 0 aliphatic rings. The summed E-state index contributed by atoms with van der Waals surface area (Å²) in [4.78, 5) is 14.9. The molecule has 0 aromatic carbocycles. The number of ether oxygens (including phenoxy) is 1. The molecule has 0 spiro atoms. The third kappa shape index (κ3) is 3.33. The van der Waals surface area contributed by atoms with E-state index in [1.165, 1.54) is 7.11 Å². The molecule has 0 N–H and O–H groups in total. The van der Waals surface area contributed by atoms with Crippen LogP contribution in [0.1, 0.15) is 23.2 Å². The zero-order valence-electron chi connectivity index (χ0n) is 8.71. The van der Waals surface area contributed by atoms with Crippen molar-refractivity contribution in [2.45, 2.75) is 12.8 Å². The largest absolute Gasteiger partial charge is 0.469 e. The normalized spacial score (nSPS) is 10.1. The first-order valence-corrected chi connectivity index (χ1v) is 5.51. The van der Waals surface area contributed by atoms with Crippen LogP contribution >= 0.6 is 22.6 Å². The molecule has 4 nitrogen and oxygen atoms in total. The maximum atomic E-state index is 12.7. The summed E-state index contributed by atoms with van der Waals surface area (Å²) in [5.41, 5.74) is -0.407. The number of nitrogens with zero attached hydrogens (tertiary/aromatic N) is 2. The molecule has 0 fully saturated rings. The Hall–Kier alpha value is -1.30. The van der Waals surface area contributed by atoms with Crippen LogP contribution in [-0.2, 0) is 16.0 Å². The highest BCUT2D eigenvalue weighted by Crippen LogP contribution is 2.26. The fraction of sp³-hybridized carbons (Fsp3) is 0.300. The number of nitriles is 1. The van der Waals surface area contributed by atoms with E-state index < -0.39 is 18.0 Å². The van der Waals surface area contributed by atoms with E-state index in [2.05, 4.69) is 9.72 Å². The standard InChI is InChI=1S/C10H7F2IN2O2/c1-17-8(16)3-5-2-6(9(11)12)7(4-14)10(13)15-5/h2,9H,3H2,1H3. The molecule has 90 valence electrons. The van der Waals surface area contributed by atoms with Gasteiger partial charge < -0.3 is 4.74 Å². The third-order valence-corrected chi connectivity index (χ3v) is 2.74. The van der Waals surface area contributed by atoms with E-state index in [0.29, 0.717) is 0 Å². The van der Waals surface area contributed by atoms with Gasteiger partial charge in [0.25, 0.3) is 6.43 Å². The van der Waals surface area contributed by atoms with Gasteiger partial charge in [0.05, 0.1) is 24.8 Å². The minimum absolute atomic E-state index is 0.154. The zero-order valence-corrected chi connectivity index (χ0v) is 10.9. The molecule has 17 heavy (non-hydrogen) atoms. The highest BCUT2D eigenvalue weighted by atomic mass is 127. The van der Waals surface area contributed by atoms with Crippen LogP contribution in [0.2, 0.25) is 0 Å². The van der Waals surface area contributed by atoms with Gasteiger partial charge in [0, 0.05) is 5.56 Å². The summed E-state index contributed by atoms with van der Waals surface area (Å²) in [6.07, 6.45) is -2.98. The van der Waals surface area contributed by atoms with Crippen molar-refractivity contribution in [1.29, 1.82) is 5.26 Å². The molecule has 0 saturated heterocycles. The van der Waals surface area contributed by atoms with Crippen molar-refractivity contribution in [3.8, 4) is 6.07 Å². The summed E-state index contributed by atoms with van der Waals surface area (Å²) in [7, 11) is 1.20. The summed E-state index contributed by atoms with van der Waals surface area (Å²) >= 11 is 1.68. The molecule has 0 aliphatic heterocycles. The smallest absolute Gasteiger partial charge is 0.311 e. The number of rotatable bonds is 3. The molecule has 0 amide bonds. The predicted molar refractivity (Wildman–Crippen MR) is 62.3 cm³/mol. The zero-order chi connectivity index (χ0) is 13.0. The Bertz CT molecular complexity index is 486. The van der Waals surface area contributed by atoms with E-state index in [1.54, 1.807) is 28.7 Å². The molecule has 0 atom stereocenters. The Morgan fingerprint density at radius 3 is 2.82 bits per heavy atom. The first-order chi connectivity index (χ1) is 7.99. The summed E-state index contributed by atoms with van der Waals surface area (Å²) in [5, 5.41) is 8.75. The second-order valence-corrected chi connectivity index (χ2v) is 4.06. The maximum absolute atomic E-state index is 12.7. The number of alkyl halides is 2. The number of pyridine rings is 1. The molecule has 7 heteroatoms. The quantitative estimate of drug-likeness (QED) is 0.475. The minimum atomic E-state index is -2.78. The van der Waals surface area contributed by atoms with Gasteiger partial charge in [-0.05, 0) is 28.7 Å². The van der Waals surface area contributed by atoms with E-state index in [9.17, 15) is 13.6 Å². The monoisotopic (exact) mass is 352 g/mol. The molecule has 1 aromatic rings. The topological polar surface area (TPSA) is 63.0 Å². The average molecular weight is 352 g/mol. The number of methoxy groups -OCH3 is 1. The molecule has 0 unspecified atom stereocenters. The van der Waals surface area contributed by atoms with Gasteiger partial charge in [-0.1, -0.05) is 0 Å². The van der Waals surface area contributed by atoms with Gasteiger partial charge in [-0.2, -0.15) is 5.26 Å². The fourth-order valence-corrected chi connectivity index (χ4v) is 1.92. The first kappa shape index (κ1) is 13.8. The van der Waals surface area contributed by atoms with Crippen LogP contribution < -0.4 is 0 Å². The van der Waals surface area contributed by atoms with Crippen LogP contribution in [-0.4, -0.2) is 18.1 Å².